The van der Waals surface area contributed by atoms with Crippen molar-refractivity contribution in [2.24, 2.45) is 0 Å². The summed E-state index contributed by atoms with van der Waals surface area (Å²) in [6.07, 6.45) is 8.51. The van der Waals surface area contributed by atoms with Crippen molar-refractivity contribution in [1.29, 1.82) is 0 Å². The Morgan fingerprint density at radius 2 is 1.77 bits per heavy atom. The largest absolute Gasteiger partial charge is 0.391 e. The second-order valence-electron chi connectivity index (χ2n) is 10.3. The maximum absolute atomic E-state index is 6.47. The molecule has 4 aliphatic rings. The van der Waals surface area contributed by atoms with Crippen molar-refractivity contribution in [2.75, 3.05) is 51.2 Å². The van der Waals surface area contributed by atoms with Crippen LogP contribution in [0, 0.1) is 0 Å². The van der Waals surface area contributed by atoms with E-state index in [1.54, 1.807) is 0 Å². The van der Waals surface area contributed by atoms with Crippen molar-refractivity contribution in [3.8, 4) is 0 Å². The summed E-state index contributed by atoms with van der Waals surface area (Å²) in [5.74, 6) is 0. The van der Waals surface area contributed by atoms with Gasteiger partial charge >= 0.3 is 0 Å². The maximum Gasteiger partial charge on any atom is 0.158 e. The van der Waals surface area contributed by atoms with Crippen molar-refractivity contribution in [1.82, 2.24) is 15.1 Å². The number of epoxide rings is 1. The first kappa shape index (κ1) is 22.7. The minimum absolute atomic E-state index is 0.0956. The number of nitrogens with one attached hydrogen (secondary N) is 1. The summed E-state index contributed by atoms with van der Waals surface area (Å²) in [5, 5.41) is 3.35. The summed E-state index contributed by atoms with van der Waals surface area (Å²) in [5.41, 5.74) is 6.83. The van der Waals surface area contributed by atoms with Gasteiger partial charge in [0.1, 0.15) is 6.10 Å². The van der Waals surface area contributed by atoms with Crippen LogP contribution >= 0.6 is 0 Å². The van der Waals surface area contributed by atoms with Crippen molar-refractivity contribution >= 4 is 5.69 Å². The predicted molar refractivity (Wildman–Crippen MR) is 142 cm³/mol. The van der Waals surface area contributed by atoms with Gasteiger partial charge in [0, 0.05) is 56.9 Å². The van der Waals surface area contributed by atoms with Gasteiger partial charge in [-0.2, -0.15) is 0 Å². The molecule has 0 saturated carbocycles. The highest BCUT2D eigenvalue weighted by Gasteiger charge is 2.62. The number of hydrogen-bond acceptors (Lipinski definition) is 5. The lowest BCUT2D eigenvalue weighted by Gasteiger charge is -2.43. The van der Waals surface area contributed by atoms with Crippen molar-refractivity contribution in [3.05, 3.63) is 89.3 Å². The standard InChI is InChI=1S/C30H38N4O/c1-3-34-27-15-8-7-14-26(27)30(28-29(34)35-28,23-10-5-4-6-11-23)16-17-32-18-20-33(21-19-32)25-13-9-12-24(22-25)31-2/h4-8,10-11,13-15,22,28-29,31H,3,9,12,16-21H2,1-2H3. The van der Waals surface area contributed by atoms with Gasteiger partial charge in [-0.05, 0) is 56.0 Å². The molecular formula is C30H38N4O. The zero-order valence-corrected chi connectivity index (χ0v) is 21.1. The zero-order valence-electron chi connectivity index (χ0n) is 21.1. The second-order valence-corrected chi connectivity index (χ2v) is 10.3. The number of nitrogens with zero attached hydrogens (tertiary/aromatic N) is 3. The molecule has 3 heterocycles. The van der Waals surface area contributed by atoms with Gasteiger partial charge in [0.2, 0.25) is 0 Å². The molecule has 5 nitrogen and oxygen atoms in total. The Balaban J connectivity index is 1.22. The topological polar surface area (TPSA) is 34.3 Å². The van der Waals surface area contributed by atoms with Crippen LogP contribution in [-0.4, -0.2) is 68.4 Å². The molecule has 1 N–H and O–H groups in total. The van der Waals surface area contributed by atoms with Gasteiger partial charge in [-0.1, -0.05) is 54.6 Å². The molecule has 0 radical (unpaired) electrons. The molecule has 2 aromatic rings. The van der Waals surface area contributed by atoms with E-state index in [4.69, 9.17) is 4.74 Å². The molecule has 0 amide bonds. The van der Waals surface area contributed by atoms with E-state index in [-0.39, 0.29) is 17.7 Å². The average molecular weight is 471 g/mol. The first-order valence-corrected chi connectivity index (χ1v) is 13.4. The highest BCUT2D eigenvalue weighted by atomic mass is 16.6. The van der Waals surface area contributed by atoms with Gasteiger partial charge in [-0.25, -0.2) is 0 Å². The lowest BCUT2D eigenvalue weighted by Crippen LogP contribution is -2.50. The number of benzene rings is 2. The lowest BCUT2D eigenvalue weighted by molar-refractivity contribution is 0.148. The van der Waals surface area contributed by atoms with E-state index < -0.39 is 0 Å². The minimum atomic E-state index is -0.0956. The van der Waals surface area contributed by atoms with Gasteiger partial charge in [0.25, 0.3) is 0 Å². The number of fused-ring (bicyclic) bond motifs is 2. The summed E-state index contributed by atoms with van der Waals surface area (Å²) in [4.78, 5) is 7.68. The Kier molecular flexibility index (Phi) is 6.07. The third kappa shape index (κ3) is 3.95. The highest BCUT2D eigenvalue weighted by molar-refractivity contribution is 5.66. The lowest BCUT2D eigenvalue weighted by atomic mass is 9.66. The molecule has 5 heteroatoms. The molecule has 2 fully saturated rings. The van der Waals surface area contributed by atoms with Crippen LogP contribution in [0.5, 0.6) is 0 Å². The van der Waals surface area contributed by atoms with Crippen LogP contribution in [-0.2, 0) is 10.2 Å². The average Bonchev–Trinajstić information content (AvgIpc) is 3.73. The number of allylic oxidation sites excluding steroid dienone is 3. The molecule has 0 bridgehead atoms. The van der Waals surface area contributed by atoms with Crippen molar-refractivity contribution < 1.29 is 4.74 Å². The number of hydrogen-bond donors (Lipinski definition) is 1. The molecule has 3 aliphatic heterocycles. The molecule has 6 rings (SSSR count). The second kappa shape index (κ2) is 9.36. The molecule has 2 saturated heterocycles. The third-order valence-electron chi connectivity index (χ3n) is 8.56. The van der Waals surface area contributed by atoms with E-state index >= 15 is 0 Å². The minimum Gasteiger partial charge on any atom is -0.391 e. The normalized spacial score (nSPS) is 28.1. The summed E-state index contributed by atoms with van der Waals surface area (Å²) < 4.78 is 6.47. The van der Waals surface area contributed by atoms with Gasteiger partial charge in [0.15, 0.2) is 6.23 Å². The van der Waals surface area contributed by atoms with Crippen LogP contribution in [0.3, 0.4) is 0 Å². The Hall–Kier alpha value is -2.76. The molecule has 0 aromatic heterocycles. The zero-order chi connectivity index (χ0) is 23.8. The number of para-hydroxylation sites is 1. The summed E-state index contributed by atoms with van der Waals surface area (Å²) in [6.45, 7) is 8.73. The molecule has 184 valence electrons. The van der Waals surface area contributed by atoms with Crippen molar-refractivity contribution in [2.45, 2.75) is 43.9 Å². The fourth-order valence-corrected chi connectivity index (χ4v) is 6.59. The van der Waals surface area contributed by atoms with Crippen molar-refractivity contribution in [3.63, 3.8) is 0 Å². The van der Waals surface area contributed by atoms with Gasteiger partial charge < -0.3 is 19.9 Å². The molecule has 2 aromatic carbocycles. The highest BCUT2D eigenvalue weighted by Crippen LogP contribution is 2.56. The molecule has 0 spiro atoms. The number of likely N-dealkylation sites (N-methyl/N-ethyl adjacent to an activating group) is 1. The molecule has 35 heavy (non-hydrogen) atoms. The van der Waals surface area contributed by atoms with E-state index in [1.165, 1.54) is 28.2 Å². The van der Waals surface area contributed by atoms with Gasteiger partial charge in [-0.3, -0.25) is 4.90 Å². The van der Waals surface area contributed by atoms with Crippen LogP contribution in [0.15, 0.2) is 78.1 Å². The Morgan fingerprint density at radius 1 is 1.00 bits per heavy atom. The first-order chi connectivity index (χ1) is 17.2. The number of rotatable bonds is 7. The van der Waals surface area contributed by atoms with E-state index in [0.717, 1.165) is 58.5 Å². The SMILES string of the molecule is CCN1c2ccccc2C(CCN2CCN(C3=CCCC(NC)=C3)CC2)(c2ccccc2)C2OC21. The van der Waals surface area contributed by atoms with E-state index in [1.807, 2.05) is 7.05 Å². The van der Waals surface area contributed by atoms with Gasteiger partial charge in [-0.15, -0.1) is 0 Å². The van der Waals surface area contributed by atoms with Crippen LogP contribution in [0.4, 0.5) is 5.69 Å². The van der Waals surface area contributed by atoms with E-state index in [2.05, 4.69) is 93.7 Å². The van der Waals surface area contributed by atoms with Crippen LogP contribution in [0.1, 0.15) is 37.3 Å². The number of piperazine rings is 1. The monoisotopic (exact) mass is 470 g/mol. The summed E-state index contributed by atoms with van der Waals surface area (Å²) in [7, 11) is 2.03. The van der Waals surface area contributed by atoms with Gasteiger partial charge in [0.05, 0.1) is 5.41 Å². The molecule has 3 atom stereocenters. The van der Waals surface area contributed by atoms with E-state index in [0.29, 0.717) is 0 Å². The van der Waals surface area contributed by atoms with Crippen LogP contribution < -0.4 is 10.2 Å². The fraction of sp³-hybridized carbons (Fsp3) is 0.467. The quantitative estimate of drug-likeness (QED) is 0.610. The Bertz CT molecular complexity index is 1100. The van der Waals surface area contributed by atoms with E-state index in [9.17, 15) is 0 Å². The molecule has 3 unspecified atom stereocenters. The Morgan fingerprint density at radius 3 is 2.54 bits per heavy atom. The predicted octanol–water partition coefficient (Wildman–Crippen LogP) is 4.33. The first-order valence-electron chi connectivity index (χ1n) is 13.4. The molecular weight excluding hydrogens is 432 g/mol. The number of anilines is 1. The summed E-state index contributed by atoms with van der Waals surface area (Å²) >= 11 is 0. The van der Waals surface area contributed by atoms with Crippen LogP contribution in [0.25, 0.3) is 0 Å². The summed E-state index contributed by atoms with van der Waals surface area (Å²) in [6, 6.07) is 20.2. The third-order valence-corrected chi connectivity index (χ3v) is 8.56. The fourth-order valence-electron chi connectivity index (χ4n) is 6.59. The van der Waals surface area contributed by atoms with Crippen LogP contribution in [0.2, 0.25) is 0 Å². The number of ether oxygens (including phenoxy) is 1. The Labute approximate surface area is 210 Å². The smallest absolute Gasteiger partial charge is 0.158 e. The maximum atomic E-state index is 6.47. The molecule has 1 aliphatic carbocycles.